The lowest BCUT2D eigenvalue weighted by atomic mass is 10.0. The summed E-state index contributed by atoms with van der Waals surface area (Å²) in [5, 5.41) is 7.24. The highest BCUT2D eigenvalue weighted by Crippen LogP contribution is 2.27. The van der Waals surface area contributed by atoms with Crippen molar-refractivity contribution in [3.63, 3.8) is 0 Å². The maximum atomic E-state index is 11.3. The van der Waals surface area contributed by atoms with Crippen LogP contribution in [0.15, 0.2) is 70.6 Å². The molecule has 5 nitrogen and oxygen atoms in total. The zero-order valence-corrected chi connectivity index (χ0v) is 14.5. The average Bonchev–Trinajstić information content (AvgIpc) is 2.60. The van der Waals surface area contributed by atoms with Crippen LogP contribution in [0.5, 0.6) is 5.75 Å². The maximum absolute atomic E-state index is 11.3. The predicted molar refractivity (Wildman–Crippen MR) is 100 cm³/mol. The van der Waals surface area contributed by atoms with Crippen LogP contribution in [0.1, 0.15) is 12.5 Å². The Bertz CT molecular complexity index is 1030. The fourth-order valence-corrected chi connectivity index (χ4v) is 3.07. The molecule has 128 valence electrons. The molecule has 3 aromatic rings. The SMILES string of the molecule is CCOc1ccc2ccccc2c1/C=N/c1ccc(S(N)(=O)=O)cc1. The van der Waals surface area contributed by atoms with E-state index in [4.69, 9.17) is 9.88 Å². The van der Waals surface area contributed by atoms with Gasteiger partial charge in [-0.25, -0.2) is 13.6 Å². The van der Waals surface area contributed by atoms with E-state index in [0.717, 1.165) is 22.1 Å². The van der Waals surface area contributed by atoms with Gasteiger partial charge in [0.1, 0.15) is 5.75 Å². The molecule has 0 aliphatic carbocycles. The molecule has 25 heavy (non-hydrogen) atoms. The number of primary sulfonamides is 1. The van der Waals surface area contributed by atoms with E-state index in [9.17, 15) is 8.42 Å². The Hall–Kier alpha value is -2.70. The molecule has 2 N–H and O–H groups in total. The zero-order valence-electron chi connectivity index (χ0n) is 13.7. The van der Waals surface area contributed by atoms with Crippen LogP contribution in [0.3, 0.4) is 0 Å². The number of nitrogens with two attached hydrogens (primary N) is 1. The topological polar surface area (TPSA) is 81.8 Å². The van der Waals surface area contributed by atoms with Crippen molar-refractivity contribution in [3.05, 3.63) is 66.2 Å². The van der Waals surface area contributed by atoms with Gasteiger partial charge in [-0.05, 0) is 48.0 Å². The second-order valence-corrected chi connectivity index (χ2v) is 6.99. The Labute approximate surface area is 146 Å². The summed E-state index contributed by atoms with van der Waals surface area (Å²) in [6, 6.07) is 18.0. The molecule has 6 heteroatoms. The van der Waals surface area contributed by atoms with Crippen LogP contribution in [0.25, 0.3) is 10.8 Å². The number of aliphatic imine (C=N–C) groups is 1. The van der Waals surface area contributed by atoms with Crippen LogP contribution in [-0.4, -0.2) is 21.2 Å². The first-order chi connectivity index (χ1) is 12.0. The third-order valence-corrected chi connectivity index (χ3v) is 4.67. The Morgan fingerprint density at radius 2 is 1.76 bits per heavy atom. The lowest BCUT2D eigenvalue weighted by Gasteiger charge is -2.10. The monoisotopic (exact) mass is 354 g/mol. The molecular weight excluding hydrogens is 336 g/mol. The lowest BCUT2D eigenvalue weighted by molar-refractivity contribution is 0.340. The minimum Gasteiger partial charge on any atom is -0.493 e. The molecule has 0 aliphatic heterocycles. The number of hydrogen-bond acceptors (Lipinski definition) is 4. The number of ether oxygens (including phenoxy) is 1. The first kappa shape index (κ1) is 17.1. The molecule has 0 aliphatic rings. The number of nitrogens with zero attached hydrogens (tertiary/aromatic N) is 1. The minimum atomic E-state index is -3.70. The van der Waals surface area contributed by atoms with Crippen molar-refractivity contribution in [1.29, 1.82) is 0 Å². The fourth-order valence-electron chi connectivity index (χ4n) is 2.55. The standard InChI is InChI=1S/C19H18N2O3S/c1-2-24-19-12-7-14-5-3-4-6-17(14)18(19)13-21-15-8-10-16(11-9-15)25(20,22)23/h3-13H,2H2,1H3,(H2,20,22,23)/b21-13+. The Kier molecular flexibility index (Phi) is 4.83. The minimum absolute atomic E-state index is 0.0617. The Morgan fingerprint density at radius 3 is 2.44 bits per heavy atom. The first-order valence-corrected chi connectivity index (χ1v) is 9.35. The van der Waals surface area contributed by atoms with Crippen molar-refractivity contribution < 1.29 is 13.2 Å². The van der Waals surface area contributed by atoms with Gasteiger partial charge in [0.15, 0.2) is 0 Å². The molecule has 0 saturated heterocycles. The smallest absolute Gasteiger partial charge is 0.238 e. The molecule has 3 rings (SSSR count). The maximum Gasteiger partial charge on any atom is 0.238 e. The van der Waals surface area contributed by atoms with E-state index < -0.39 is 10.0 Å². The summed E-state index contributed by atoms with van der Waals surface area (Å²) in [5.41, 5.74) is 1.51. The van der Waals surface area contributed by atoms with Gasteiger partial charge < -0.3 is 4.74 Å². The first-order valence-electron chi connectivity index (χ1n) is 7.80. The molecule has 0 bridgehead atoms. The van der Waals surface area contributed by atoms with Crippen LogP contribution >= 0.6 is 0 Å². The van der Waals surface area contributed by atoms with Crippen LogP contribution in [0, 0.1) is 0 Å². The van der Waals surface area contributed by atoms with Gasteiger partial charge in [-0.2, -0.15) is 0 Å². The summed E-state index contributed by atoms with van der Waals surface area (Å²) in [6.07, 6.45) is 1.74. The molecular formula is C19H18N2O3S. The van der Waals surface area contributed by atoms with Crippen LogP contribution in [0.4, 0.5) is 5.69 Å². The van der Waals surface area contributed by atoms with Gasteiger partial charge in [0.2, 0.25) is 10.0 Å². The molecule has 0 heterocycles. The highest BCUT2D eigenvalue weighted by atomic mass is 32.2. The van der Waals surface area contributed by atoms with Gasteiger partial charge in [0.05, 0.1) is 17.2 Å². The fraction of sp³-hybridized carbons (Fsp3) is 0.105. The molecule has 0 amide bonds. The van der Waals surface area contributed by atoms with E-state index in [2.05, 4.69) is 4.99 Å². The second kappa shape index (κ2) is 7.04. The van der Waals surface area contributed by atoms with E-state index in [1.807, 2.05) is 43.3 Å². The Balaban J connectivity index is 2.01. The molecule has 0 spiro atoms. The van der Waals surface area contributed by atoms with E-state index in [1.54, 1.807) is 18.3 Å². The normalized spacial score (nSPS) is 11.9. The van der Waals surface area contributed by atoms with Crippen molar-refractivity contribution in [2.75, 3.05) is 6.61 Å². The molecule has 0 radical (unpaired) electrons. The van der Waals surface area contributed by atoms with Gasteiger partial charge >= 0.3 is 0 Å². The van der Waals surface area contributed by atoms with Crippen LogP contribution < -0.4 is 9.88 Å². The number of benzene rings is 3. The quantitative estimate of drug-likeness (QED) is 0.710. The van der Waals surface area contributed by atoms with Crippen molar-refractivity contribution in [2.24, 2.45) is 10.1 Å². The van der Waals surface area contributed by atoms with Crippen molar-refractivity contribution in [3.8, 4) is 5.75 Å². The van der Waals surface area contributed by atoms with Gasteiger partial charge in [-0.15, -0.1) is 0 Å². The molecule has 0 fully saturated rings. The zero-order chi connectivity index (χ0) is 17.9. The van der Waals surface area contributed by atoms with E-state index in [-0.39, 0.29) is 4.90 Å². The summed E-state index contributed by atoms with van der Waals surface area (Å²) in [7, 11) is -3.70. The summed E-state index contributed by atoms with van der Waals surface area (Å²) in [5.74, 6) is 0.756. The van der Waals surface area contributed by atoms with Gasteiger partial charge in [-0.3, -0.25) is 4.99 Å². The van der Waals surface area contributed by atoms with Crippen molar-refractivity contribution in [2.45, 2.75) is 11.8 Å². The van der Waals surface area contributed by atoms with E-state index in [0.29, 0.717) is 12.3 Å². The molecule has 0 unspecified atom stereocenters. The largest absolute Gasteiger partial charge is 0.493 e. The van der Waals surface area contributed by atoms with Gasteiger partial charge in [-0.1, -0.05) is 30.3 Å². The lowest BCUT2D eigenvalue weighted by Crippen LogP contribution is -2.11. The highest BCUT2D eigenvalue weighted by Gasteiger charge is 2.08. The van der Waals surface area contributed by atoms with Crippen molar-refractivity contribution >= 4 is 32.7 Å². The van der Waals surface area contributed by atoms with Gasteiger partial charge in [0.25, 0.3) is 0 Å². The Morgan fingerprint density at radius 1 is 1.04 bits per heavy atom. The third kappa shape index (κ3) is 3.87. The van der Waals surface area contributed by atoms with E-state index in [1.165, 1.54) is 12.1 Å². The summed E-state index contributed by atoms with van der Waals surface area (Å²) >= 11 is 0. The molecule has 3 aromatic carbocycles. The number of sulfonamides is 1. The molecule has 0 saturated carbocycles. The van der Waals surface area contributed by atoms with Crippen molar-refractivity contribution in [1.82, 2.24) is 0 Å². The summed E-state index contributed by atoms with van der Waals surface area (Å²) in [4.78, 5) is 4.51. The highest BCUT2D eigenvalue weighted by molar-refractivity contribution is 7.89. The molecule has 0 atom stereocenters. The summed E-state index contributed by atoms with van der Waals surface area (Å²) < 4.78 is 28.3. The van der Waals surface area contributed by atoms with E-state index >= 15 is 0 Å². The third-order valence-electron chi connectivity index (χ3n) is 3.74. The summed E-state index contributed by atoms with van der Waals surface area (Å²) in [6.45, 7) is 2.49. The van der Waals surface area contributed by atoms with Crippen LogP contribution in [-0.2, 0) is 10.0 Å². The van der Waals surface area contributed by atoms with Gasteiger partial charge in [0, 0.05) is 11.8 Å². The second-order valence-electron chi connectivity index (χ2n) is 5.43. The number of fused-ring (bicyclic) bond motifs is 1. The van der Waals surface area contributed by atoms with Crippen LogP contribution in [0.2, 0.25) is 0 Å². The average molecular weight is 354 g/mol. The number of hydrogen-bond donors (Lipinski definition) is 1. The number of rotatable bonds is 5. The predicted octanol–water partition coefficient (Wildman–Crippen LogP) is 3.64. The molecule has 0 aromatic heterocycles.